The predicted octanol–water partition coefficient (Wildman–Crippen LogP) is 3.20. The Labute approximate surface area is 109 Å². The van der Waals surface area contributed by atoms with Gasteiger partial charge in [-0.1, -0.05) is 6.07 Å². The van der Waals surface area contributed by atoms with E-state index >= 15 is 0 Å². The zero-order chi connectivity index (χ0) is 12.6. The Balaban J connectivity index is 2.55. The monoisotopic (exact) mass is 353 g/mol. The van der Waals surface area contributed by atoms with Gasteiger partial charge < -0.3 is 0 Å². The summed E-state index contributed by atoms with van der Waals surface area (Å²) in [6, 6.07) is 4.49. The highest BCUT2D eigenvalue weighted by atomic mass is 127. The molecule has 0 radical (unpaired) electrons. The van der Waals surface area contributed by atoms with E-state index in [-0.39, 0.29) is 0 Å². The van der Waals surface area contributed by atoms with Gasteiger partial charge in [0.25, 0.3) is 0 Å². The van der Waals surface area contributed by atoms with Gasteiger partial charge >= 0.3 is 6.18 Å². The molecule has 2 heterocycles. The molecule has 3 nitrogen and oxygen atoms in total. The molecule has 90 valence electrons. The molecule has 0 bridgehead atoms. The summed E-state index contributed by atoms with van der Waals surface area (Å²) in [5, 5.41) is 3.53. The summed E-state index contributed by atoms with van der Waals surface area (Å²) in [4.78, 5) is 4.03. The predicted molar refractivity (Wildman–Crippen MR) is 63.8 cm³/mol. The van der Waals surface area contributed by atoms with Crippen LogP contribution < -0.4 is 0 Å². The molecule has 0 aliphatic carbocycles. The van der Waals surface area contributed by atoms with Gasteiger partial charge in [-0.3, -0.25) is 0 Å². The Hall–Kier alpha value is -1.12. The maximum atomic E-state index is 12.5. The smallest absolute Gasteiger partial charge is 0.237 e. The molecule has 0 atom stereocenters. The first-order valence-corrected chi connectivity index (χ1v) is 5.72. The van der Waals surface area contributed by atoms with Crippen molar-refractivity contribution in [3.63, 3.8) is 0 Å². The second-order valence-corrected chi connectivity index (χ2v) is 4.51. The fourth-order valence-electron chi connectivity index (χ4n) is 1.34. The average Bonchev–Trinajstić information content (AvgIpc) is 2.61. The van der Waals surface area contributed by atoms with Gasteiger partial charge in [-0.2, -0.15) is 18.3 Å². The number of halogens is 4. The summed E-state index contributed by atoms with van der Waals surface area (Å²) in [7, 11) is 0. The van der Waals surface area contributed by atoms with Gasteiger partial charge in [0.15, 0.2) is 11.5 Å². The van der Waals surface area contributed by atoms with Gasteiger partial charge in [-0.05, 0) is 41.1 Å². The van der Waals surface area contributed by atoms with Crippen LogP contribution in [0.25, 0.3) is 5.82 Å². The molecule has 0 aliphatic rings. The molecule has 0 saturated carbocycles. The largest absolute Gasteiger partial charge is 0.435 e. The van der Waals surface area contributed by atoms with E-state index in [0.29, 0.717) is 9.52 Å². The fraction of sp³-hybridized carbons (Fsp3) is 0.200. The van der Waals surface area contributed by atoms with E-state index in [4.69, 9.17) is 0 Å². The molecule has 7 heteroatoms. The Morgan fingerprint density at radius 1 is 1.35 bits per heavy atom. The van der Waals surface area contributed by atoms with Crippen molar-refractivity contribution in [3.05, 3.63) is 39.4 Å². The summed E-state index contributed by atoms with van der Waals surface area (Å²) in [5.74, 6) is 0.410. The summed E-state index contributed by atoms with van der Waals surface area (Å²) >= 11 is 1.80. The maximum Gasteiger partial charge on any atom is 0.435 e. The third-order valence-electron chi connectivity index (χ3n) is 2.14. The van der Waals surface area contributed by atoms with Crippen molar-refractivity contribution in [2.75, 3.05) is 0 Å². The minimum absolute atomic E-state index is 0.372. The van der Waals surface area contributed by atoms with Gasteiger partial charge in [-0.25, -0.2) is 9.67 Å². The standard InChI is InChI=1S/C10H7F3IN3/c1-6-3-2-4-15-9(6)17-8(14)5-7(16-17)10(11,12)13/h2-5H,1H3. The van der Waals surface area contributed by atoms with Gasteiger partial charge in [0.1, 0.15) is 3.70 Å². The molecule has 2 aromatic heterocycles. The number of nitrogens with zero attached hydrogens (tertiary/aromatic N) is 3. The lowest BCUT2D eigenvalue weighted by Crippen LogP contribution is -2.09. The summed E-state index contributed by atoms with van der Waals surface area (Å²) < 4.78 is 39.1. The molecule has 0 spiro atoms. The number of aromatic nitrogens is 3. The number of pyridine rings is 1. The molecule has 0 aliphatic heterocycles. The first kappa shape index (κ1) is 12.3. The summed E-state index contributed by atoms with van der Waals surface area (Å²) in [6.07, 6.45) is -2.92. The van der Waals surface area contributed by atoms with Crippen LogP contribution >= 0.6 is 22.6 Å². The van der Waals surface area contributed by atoms with Crippen molar-refractivity contribution in [1.29, 1.82) is 0 Å². The molecule has 0 amide bonds. The fourth-order valence-corrected chi connectivity index (χ4v) is 1.98. The van der Waals surface area contributed by atoms with E-state index in [1.807, 2.05) is 0 Å². The average molecular weight is 353 g/mol. The molecule has 2 rings (SSSR count). The number of hydrogen-bond acceptors (Lipinski definition) is 2. The van der Waals surface area contributed by atoms with Crippen LogP contribution in [0.1, 0.15) is 11.3 Å². The second kappa shape index (κ2) is 4.28. The van der Waals surface area contributed by atoms with E-state index in [1.165, 1.54) is 10.9 Å². The van der Waals surface area contributed by atoms with Gasteiger partial charge in [-0.15, -0.1) is 0 Å². The van der Waals surface area contributed by atoms with Crippen molar-refractivity contribution < 1.29 is 13.2 Å². The second-order valence-electron chi connectivity index (χ2n) is 3.41. The van der Waals surface area contributed by atoms with Crippen molar-refractivity contribution in [1.82, 2.24) is 14.8 Å². The normalized spacial score (nSPS) is 11.8. The first-order valence-electron chi connectivity index (χ1n) is 4.64. The Kier molecular flexibility index (Phi) is 3.11. The summed E-state index contributed by atoms with van der Waals surface area (Å²) in [6.45, 7) is 1.77. The third-order valence-corrected chi connectivity index (χ3v) is 2.91. The molecule has 17 heavy (non-hydrogen) atoms. The quantitative estimate of drug-likeness (QED) is 0.738. The lowest BCUT2D eigenvalue weighted by molar-refractivity contribution is -0.141. The number of aryl methyl sites for hydroxylation is 1. The lowest BCUT2D eigenvalue weighted by atomic mass is 10.3. The van der Waals surface area contributed by atoms with E-state index in [0.717, 1.165) is 11.6 Å². The molecule has 2 aromatic rings. The minimum atomic E-state index is -4.44. The highest BCUT2D eigenvalue weighted by Gasteiger charge is 2.35. The molecular formula is C10H7F3IN3. The maximum absolute atomic E-state index is 12.5. The first-order chi connectivity index (χ1) is 7.89. The Morgan fingerprint density at radius 2 is 2.06 bits per heavy atom. The Bertz CT molecular complexity index is 548. The van der Waals surface area contributed by atoms with Gasteiger partial charge in [0, 0.05) is 12.3 Å². The van der Waals surface area contributed by atoms with Crippen LogP contribution in [0.3, 0.4) is 0 Å². The molecule has 0 saturated heterocycles. The Morgan fingerprint density at radius 3 is 2.59 bits per heavy atom. The van der Waals surface area contributed by atoms with E-state index in [9.17, 15) is 13.2 Å². The van der Waals surface area contributed by atoms with Crippen LogP contribution in [-0.2, 0) is 6.18 Å². The molecule has 0 fully saturated rings. The van der Waals surface area contributed by atoms with Crippen LogP contribution in [0, 0.1) is 10.6 Å². The van der Waals surface area contributed by atoms with Crippen LogP contribution in [-0.4, -0.2) is 14.8 Å². The van der Waals surface area contributed by atoms with Crippen molar-refractivity contribution in [3.8, 4) is 5.82 Å². The molecule has 0 unspecified atom stereocenters. The minimum Gasteiger partial charge on any atom is -0.237 e. The number of alkyl halides is 3. The van der Waals surface area contributed by atoms with Gasteiger partial charge in [0.2, 0.25) is 0 Å². The van der Waals surface area contributed by atoms with Crippen LogP contribution in [0.4, 0.5) is 13.2 Å². The van der Waals surface area contributed by atoms with E-state index in [1.54, 1.807) is 41.6 Å². The van der Waals surface area contributed by atoms with Crippen LogP contribution in [0.15, 0.2) is 24.4 Å². The topological polar surface area (TPSA) is 30.7 Å². The third kappa shape index (κ3) is 2.43. The summed E-state index contributed by atoms with van der Waals surface area (Å²) in [5.41, 5.74) is -0.144. The van der Waals surface area contributed by atoms with Crippen molar-refractivity contribution in [2.24, 2.45) is 0 Å². The van der Waals surface area contributed by atoms with Crippen LogP contribution in [0.2, 0.25) is 0 Å². The molecular weight excluding hydrogens is 346 g/mol. The highest BCUT2D eigenvalue weighted by molar-refractivity contribution is 14.1. The SMILES string of the molecule is Cc1cccnc1-n1nc(C(F)(F)F)cc1I. The molecule has 0 aromatic carbocycles. The zero-order valence-corrected chi connectivity index (χ0v) is 10.8. The highest BCUT2D eigenvalue weighted by Crippen LogP contribution is 2.29. The van der Waals surface area contributed by atoms with E-state index < -0.39 is 11.9 Å². The molecule has 0 N–H and O–H groups in total. The number of hydrogen-bond donors (Lipinski definition) is 0. The number of rotatable bonds is 1. The lowest BCUT2D eigenvalue weighted by Gasteiger charge is -2.05. The van der Waals surface area contributed by atoms with Crippen LogP contribution in [0.5, 0.6) is 0 Å². The zero-order valence-electron chi connectivity index (χ0n) is 8.66. The van der Waals surface area contributed by atoms with Crippen molar-refractivity contribution >= 4 is 22.6 Å². The van der Waals surface area contributed by atoms with Gasteiger partial charge in [0.05, 0.1) is 0 Å². The van der Waals surface area contributed by atoms with E-state index in [2.05, 4.69) is 10.1 Å². The van der Waals surface area contributed by atoms with Crippen molar-refractivity contribution in [2.45, 2.75) is 13.1 Å².